The molecule has 31 heavy (non-hydrogen) atoms. The summed E-state index contributed by atoms with van der Waals surface area (Å²) in [6.07, 6.45) is 1.52. The van der Waals surface area contributed by atoms with Gasteiger partial charge < -0.3 is 14.2 Å². The zero-order valence-electron chi connectivity index (χ0n) is 17.3. The van der Waals surface area contributed by atoms with Gasteiger partial charge in [0.15, 0.2) is 11.5 Å². The second-order valence-corrected chi connectivity index (χ2v) is 7.64. The number of halogens is 2. The molecule has 0 bridgehead atoms. The summed E-state index contributed by atoms with van der Waals surface area (Å²) in [5.41, 5.74) is 4.05. The lowest BCUT2D eigenvalue weighted by Gasteiger charge is -2.25. The number of rotatable bonds is 9. The molecule has 3 rings (SSSR count). The Morgan fingerprint density at radius 1 is 1.19 bits per heavy atom. The van der Waals surface area contributed by atoms with E-state index in [1.807, 2.05) is 30.0 Å². The van der Waals surface area contributed by atoms with Gasteiger partial charge in [0, 0.05) is 23.7 Å². The first kappa shape index (κ1) is 23.3. The normalized spacial score (nSPS) is 14.5. The Labute approximate surface area is 191 Å². The summed E-state index contributed by atoms with van der Waals surface area (Å²) >= 11 is 12.6. The maximum atomic E-state index is 12.1. The SMILES string of the molecule is CCOc1cc(/C=N/NC(=O)CN2CCOCC2)cc(Cl)c1OCc1ccccc1Cl. The Balaban J connectivity index is 1.63. The Hall–Kier alpha value is -2.32. The minimum absolute atomic E-state index is 0.186. The molecule has 0 aliphatic carbocycles. The Bertz CT molecular complexity index is 918. The molecule has 1 aliphatic rings. The Morgan fingerprint density at radius 2 is 1.97 bits per heavy atom. The van der Waals surface area contributed by atoms with Crippen molar-refractivity contribution < 1.29 is 19.0 Å². The molecule has 1 aliphatic heterocycles. The zero-order chi connectivity index (χ0) is 22.1. The first-order valence-electron chi connectivity index (χ1n) is 10.0. The molecule has 1 fully saturated rings. The fourth-order valence-electron chi connectivity index (χ4n) is 3.01. The highest BCUT2D eigenvalue weighted by Gasteiger charge is 2.15. The molecular formula is C22H25Cl2N3O4. The number of hydrogen-bond donors (Lipinski definition) is 1. The fraction of sp³-hybridized carbons (Fsp3) is 0.364. The van der Waals surface area contributed by atoms with Gasteiger partial charge in [-0.3, -0.25) is 9.69 Å². The third-order valence-corrected chi connectivity index (χ3v) is 5.18. The number of hydrogen-bond acceptors (Lipinski definition) is 6. The van der Waals surface area contributed by atoms with Gasteiger partial charge in [-0.1, -0.05) is 41.4 Å². The van der Waals surface area contributed by atoms with E-state index in [0.29, 0.717) is 46.9 Å². The van der Waals surface area contributed by atoms with Gasteiger partial charge in [0.05, 0.1) is 37.6 Å². The second-order valence-electron chi connectivity index (χ2n) is 6.82. The van der Waals surface area contributed by atoms with Crippen LogP contribution in [0.2, 0.25) is 10.0 Å². The maximum absolute atomic E-state index is 12.1. The van der Waals surface area contributed by atoms with Crippen molar-refractivity contribution in [2.45, 2.75) is 13.5 Å². The number of benzene rings is 2. The first-order valence-corrected chi connectivity index (χ1v) is 10.8. The van der Waals surface area contributed by atoms with Crippen LogP contribution in [0.1, 0.15) is 18.1 Å². The van der Waals surface area contributed by atoms with E-state index < -0.39 is 0 Å². The van der Waals surface area contributed by atoms with Crippen LogP contribution in [0.25, 0.3) is 0 Å². The molecule has 2 aromatic carbocycles. The number of carbonyl (C=O) groups excluding carboxylic acids is 1. The molecule has 166 valence electrons. The van der Waals surface area contributed by atoms with Crippen molar-refractivity contribution in [1.29, 1.82) is 0 Å². The summed E-state index contributed by atoms with van der Waals surface area (Å²) in [5, 5.41) is 5.02. The van der Waals surface area contributed by atoms with Gasteiger partial charge in [-0.05, 0) is 30.7 Å². The molecule has 1 saturated heterocycles. The van der Waals surface area contributed by atoms with E-state index in [2.05, 4.69) is 10.5 Å². The minimum Gasteiger partial charge on any atom is -0.490 e. The van der Waals surface area contributed by atoms with E-state index in [1.54, 1.807) is 18.2 Å². The number of nitrogens with zero attached hydrogens (tertiary/aromatic N) is 2. The Morgan fingerprint density at radius 3 is 2.71 bits per heavy atom. The van der Waals surface area contributed by atoms with E-state index in [9.17, 15) is 4.79 Å². The second kappa shape index (κ2) is 11.9. The van der Waals surface area contributed by atoms with Gasteiger partial charge in [-0.15, -0.1) is 0 Å². The van der Waals surface area contributed by atoms with Crippen LogP contribution in [0.3, 0.4) is 0 Å². The minimum atomic E-state index is -0.186. The highest BCUT2D eigenvalue weighted by molar-refractivity contribution is 6.32. The summed E-state index contributed by atoms with van der Waals surface area (Å²) in [6, 6.07) is 10.9. The highest BCUT2D eigenvalue weighted by atomic mass is 35.5. The largest absolute Gasteiger partial charge is 0.490 e. The lowest BCUT2D eigenvalue weighted by atomic mass is 10.2. The molecule has 7 nitrogen and oxygen atoms in total. The summed E-state index contributed by atoms with van der Waals surface area (Å²) in [5.74, 6) is 0.731. The van der Waals surface area contributed by atoms with Crippen LogP contribution in [-0.4, -0.2) is 56.5 Å². The molecule has 9 heteroatoms. The zero-order valence-corrected chi connectivity index (χ0v) is 18.8. The molecule has 1 amide bonds. The summed E-state index contributed by atoms with van der Waals surface area (Å²) in [4.78, 5) is 14.1. The number of carbonyl (C=O) groups is 1. The van der Waals surface area contributed by atoms with Crippen molar-refractivity contribution in [3.63, 3.8) is 0 Å². The number of amides is 1. The topological polar surface area (TPSA) is 72.4 Å². The van der Waals surface area contributed by atoms with Crippen molar-refractivity contribution >= 4 is 35.3 Å². The number of morpholine rings is 1. The number of ether oxygens (including phenoxy) is 3. The van der Waals surface area contributed by atoms with Crippen molar-refractivity contribution in [2.24, 2.45) is 5.10 Å². The van der Waals surface area contributed by atoms with Crippen LogP contribution in [0.15, 0.2) is 41.5 Å². The molecule has 2 aromatic rings. The van der Waals surface area contributed by atoms with E-state index in [0.717, 1.165) is 18.7 Å². The maximum Gasteiger partial charge on any atom is 0.254 e. The van der Waals surface area contributed by atoms with Crippen molar-refractivity contribution in [1.82, 2.24) is 10.3 Å². The highest BCUT2D eigenvalue weighted by Crippen LogP contribution is 2.37. The standard InChI is InChI=1S/C22H25Cl2N3O4/c1-2-30-20-12-16(13-25-26-21(28)14-27-7-9-29-10-8-27)11-19(24)22(20)31-15-17-5-3-4-6-18(17)23/h3-6,11-13H,2,7-10,14-15H2,1H3,(H,26,28)/b25-13+. The van der Waals surface area contributed by atoms with E-state index in [4.69, 9.17) is 37.4 Å². The third kappa shape index (κ3) is 7.11. The summed E-state index contributed by atoms with van der Waals surface area (Å²) < 4.78 is 16.9. The van der Waals surface area contributed by atoms with Crippen LogP contribution in [-0.2, 0) is 16.1 Å². The smallest absolute Gasteiger partial charge is 0.254 e. The predicted molar refractivity (Wildman–Crippen MR) is 121 cm³/mol. The van der Waals surface area contributed by atoms with Gasteiger partial charge in [-0.2, -0.15) is 5.10 Å². The van der Waals surface area contributed by atoms with Crippen LogP contribution in [0, 0.1) is 0 Å². The molecule has 0 saturated carbocycles. The van der Waals surface area contributed by atoms with E-state index >= 15 is 0 Å². The van der Waals surface area contributed by atoms with Gasteiger partial charge in [-0.25, -0.2) is 5.43 Å². The van der Waals surface area contributed by atoms with Crippen LogP contribution >= 0.6 is 23.2 Å². The van der Waals surface area contributed by atoms with Crippen molar-refractivity contribution in [3.05, 3.63) is 57.6 Å². The quantitative estimate of drug-likeness (QED) is 0.450. The molecule has 0 atom stereocenters. The average Bonchev–Trinajstić information content (AvgIpc) is 2.75. The van der Waals surface area contributed by atoms with Crippen molar-refractivity contribution in [2.75, 3.05) is 39.5 Å². The van der Waals surface area contributed by atoms with Gasteiger partial charge in [0.1, 0.15) is 6.61 Å². The van der Waals surface area contributed by atoms with E-state index in [-0.39, 0.29) is 19.1 Å². The lowest BCUT2D eigenvalue weighted by Crippen LogP contribution is -2.42. The molecule has 1 N–H and O–H groups in total. The molecule has 0 spiro atoms. The van der Waals surface area contributed by atoms with Gasteiger partial charge in [0.25, 0.3) is 5.91 Å². The molecule has 0 aromatic heterocycles. The molecule has 0 radical (unpaired) electrons. The predicted octanol–water partition coefficient (Wildman–Crippen LogP) is 3.75. The van der Waals surface area contributed by atoms with Crippen LogP contribution in [0.4, 0.5) is 0 Å². The monoisotopic (exact) mass is 465 g/mol. The molecule has 0 unspecified atom stereocenters. The van der Waals surface area contributed by atoms with Crippen molar-refractivity contribution in [3.8, 4) is 11.5 Å². The summed E-state index contributed by atoms with van der Waals surface area (Å²) in [7, 11) is 0. The molecule has 1 heterocycles. The third-order valence-electron chi connectivity index (χ3n) is 4.54. The van der Waals surface area contributed by atoms with Crippen LogP contribution in [0.5, 0.6) is 11.5 Å². The van der Waals surface area contributed by atoms with E-state index in [1.165, 1.54) is 6.21 Å². The Kier molecular flexibility index (Phi) is 8.97. The number of hydrazone groups is 1. The first-order chi connectivity index (χ1) is 15.1. The number of nitrogens with one attached hydrogen (secondary N) is 1. The molecular weight excluding hydrogens is 441 g/mol. The summed E-state index contributed by atoms with van der Waals surface area (Å²) in [6.45, 7) is 5.60. The van der Waals surface area contributed by atoms with Gasteiger partial charge in [0.2, 0.25) is 0 Å². The van der Waals surface area contributed by atoms with Crippen LogP contribution < -0.4 is 14.9 Å². The average molecular weight is 466 g/mol. The van der Waals surface area contributed by atoms with Gasteiger partial charge >= 0.3 is 0 Å². The fourth-order valence-corrected chi connectivity index (χ4v) is 3.47. The lowest BCUT2D eigenvalue weighted by molar-refractivity contribution is -0.123.